The zero-order valence-corrected chi connectivity index (χ0v) is 16.2. The van der Waals surface area contributed by atoms with E-state index in [-0.39, 0.29) is 11.4 Å². The van der Waals surface area contributed by atoms with Crippen LogP contribution in [-0.2, 0) is 11.8 Å². The van der Waals surface area contributed by atoms with E-state index in [1.807, 2.05) is 0 Å². The molecule has 1 heterocycles. The summed E-state index contributed by atoms with van der Waals surface area (Å²) in [5.74, 6) is -3.71. The molecule has 0 radical (unpaired) electrons. The standard InChI is InChI=1S/C20H14F2N4O5/c1-25-19(23-10-24-25)15(7-11-3-5-12(21)6-4-11)18(27)17-14(20(28)31-2)8-13(22)9-16(17)26(29)30/h3-10H,1-2H3. The molecule has 0 amide bonds. The molecule has 0 fully saturated rings. The molecule has 9 nitrogen and oxygen atoms in total. The van der Waals surface area contributed by atoms with Gasteiger partial charge in [0.25, 0.3) is 5.69 Å². The van der Waals surface area contributed by atoms with Crippen LogP contribution in [0.5, 0.6) is 0 Å². The van der Waals surface area contributed by atoms with Crippen molar-refractivity contribution in [3.8, 4) is 0 Å². The first-order valence-corrected chi connectivity index (χ1v) is 8.65. The summed E-state index contributed by atoms with van der Waals surface area (Å²) in [7, 11) is 2.47. The number of halogens is 2. The molecule has 158 valence electrons. The summed E-state index contributed by atoms with van der Waals surface area (Å²) in [4.78, 5) is 40.2. The van der Waals surface area contributed by atoms with Crippen molar-refractivity contribution >= 4 is 29.1 Å². The van der Waals surface area contributed by atoms with Gasteiger partial charge >= 0.3 is 5.97 Å². The minimum absolute atomic E-state index is 0.0174. The number of ether oxygens (including phenoxy) is 1. The third kappa shape index (κ3) is 4.34. The number of allylic oxidation sites excluding steroid dienone is 1. The van der Waals surface area contributed by atoms with Crippen LogP contribution in [0, 0.1) is 21.7 Å². The number of rotatable bonds is 6. The Balaban J connectivity index is 2.30. The number of Topliss-reactive ketones (excluding diaryl/α,β-unsaturated/α-hetero) is 1. The molecular weight excluding hydrogens is 414 g/mol. The van der Waals surface area contributed by atoms with Gasteiger partial charge in [0.15, 0.2) is 5.82 Å². The molecule has 0 aliphatic carbocycles. The van der Waals surface area contributed by atoms with Crippen molar-refractivity contribution < 1.29 is 28.0 Å². The second-order valence-electron chi connectivity index (χ2n) is 6.24. The van der Waals surface area contributed by atoms with E-state index < -0.39 is 45.1 Å². The van der Waals surface area contributed by atoms with Gasteiger partial charge in [-0.2, -0.15) is 5.10 Å². The molecule has 0 spiro atoms. The van der Waals surface area contributed by atoms with Crippen molar-refractivity contribution in [2.24, 2.45) is 7.05 Å². The molecule has 31 heavy (non-hydrogen) atoms. The Labute approximate surface area is 173 Å². The summed E-state index contributed by atoms with van der Waals surface area (Å²) in [6, 6.07) is 6.28. The smallest absolute Gasteiger partial charge is 0.338 e. The third-order valence-corrected chi connectivity index (χ3v) is 4.29. The number of nitro benzene ring substituents is 1. The van der Waals surface area contributed by atoms with Crippen molar-refractivity contribution in [3.05, 3.63) is 87.0 Å². The maximum Gasteiger partial charge on any atom is 0.338 e. The molecule has 3 aromatic rings. The molecule has 3 rings (SSSR count). The zero-order chi connectivity index (χ0) is 22.7. The third-order valence-electron chi connectivity index (χ3n) is 4.29. The van der Waals surface area contributed by atoms with E-state index in [1.54, 1.807) is 0 Å². The number of methoxy groups -OCH3 is 1. The monoisotopic (exact) mass is 428 g/mol. The summed E-state index contributed by atoms with van der Waals surface area (Å²) in [6.45, 7) is 0. The molecule has 0 saturated carbocycles. The Kier molecular flexibility index (Phi) is 5.95. The summed E-state index contributed by atoms with van der Waals surface area (Å²) >= 11 is 0. The van der Waals surface area contributed by atoms with Crippen LogP contribution < -0.4 is 0 Å². The molecule has 0 aliphatic heterocycles. The predicted octanol–water partition coefficient (Wildman–Crippen LogP) is 3.21. The number of nitrogens with zero attached hydrogens (tertiary/aromatic N) is 4. The van der Waals surface area contributed by atoms with Crippen molar-refractivity contribution in [2.45, 2.75) is 0 Å². The van der Waals surface area contributed by atoms with E-state index >= 15 is 0 Å². The Bertz CT molecular complexity index is 1220. The molecule has 11 heteroatoms. The quantitative estimate of drug-likeness (QED) is 0.195. The second kappa shape index (κ2) is 8.61. The molecule has 1 aromatic heterocycles. The number of esters is 1. The lowest BCUT2D eigenvalue weighted by atomic mass is 9.94. The van der Waals surface area contributed by atoms with Gasteiger partial charge in [-0.05, 0) is 29.8 Å². The topological polar surface area (TPSA) is 117 Å². The van der Waals surface area contributed by atoms with Crippen LogP contribution in [-0.4, -0.2) is 38.6 Å². The highest BCUT2D eigenvalue weighted by Gasteiger charge is 2.33. The van der Waals surface area contributed by atoms with Crippen molar-refractivity contribution in [1.29, 1.82) is 0 Å². The van der Waals surface area contributed by atoms with Crippen LogP contribution in [0.3, 0.4) is 0 Å². The molecule has 0 bridgehead atoms. The highest BCUT2D eigenvalue weighted by Crippen LogP contribution is 2.31. The van der Waals surface area contributed by atoms with Crippen molar-refractivity contribution in [1.82, 2.24) is 14.8 Å². The van der Waals surface area contributed by atoms with Crippen LogP contribution in [0.1, 0.15) is 32.1 Å². The van der Waals surface area contributed by atoms with Gasteiger partial charge in [0, 0.05) is 7.05 Å². The fourth-order valence-corrected chi connectivity index (χ4v) is 2.88. The van der Waals surface area contributed by atoms with Gasteiger partial charge in [0.2, 0.25) is 5.78 Å². The van der Waals surface area contributed by atoms with Gasteiger partial charge < -0.3 is 4.74 Å². The largest absolute Gasteiger partial charge is 0.465 e. The maximum absolute atomic E-state index is 14.0. The lowest BCUT2D eigenvalue weighted by Crippen LogP contribution is -2.16. The minimum atomic E-state index is -1.13. The minimum Gasteiger partial charge on any atom is -0.465 e. The zero-order valence-electron chi connectivity index (χ0n) is 16.2. The highest BCUT2D eigenvalue weighted by atomic mass is 19.1. The number of carbonyl (C=O) groups is 2. The van der Waals surface area contributed by atoms with Crippen molar-refractivity contribution in [2.75, 3.05) is 7.11 Å². The van der Waals surface area contributed by atoms with Crippen LogP contribution in [0.4, 0.5) is 14.5 Å². The van der Waals surface area contributed by atoms with Gasteiger partial charge in [0.1, 0.15) is 23.5 Å². The van der Waals surface area contributed by atoms with E-state index in [2.05, 4.69) is 14.8 Å². The summed E-state index contributed by atoms with van der Waals surface area (Å²) in [5, 5.41) is 15.4. The second-order valence-corrected chi connectivity index (χ2v) is 6.24. The van der Waals surface area contributed by atoms with E-state index in [9.17, 15) is 28.5 Å². The average Bonchev–Trinajstić information content (AvgIpc) is 3.17. The first-order chi connectivity index (χ1) is 14.7. The molecule has 2 aromatic carbocycles. The lowest BCUT2D eigenvalue weighted by molar-refractivity contribution is -0.385. The average molecular weight is 428 g/mol. The van der Waals surface area contributed by atoms with Gasteiger partial charge in [-0.15, -0.1) is 0 Å². The van der Waals surface area contributed by atoms with E-state index in [4.69, 9.17) is 0 Å². The molecular formula is C20H14F2N4O5. The van der Waals surface area contributed by atoms with Crippen LogP contribution in [0.15, 0.2) is 42.7 Å². The Morgan fingerprint density at radius 2 is 1.84 bits per heavy atom. The number of carbonyl (C=O) groups excluding carboxylic acids is 2. The van der Waals surface area contributed by atoms with Crippen LogP contribution in [0.2, 0.25) is 0 Å². The van der Waals surface area contributed by atoms with E-state index in [0.717, 1.165) is 25.6 Å². The molecule has 0 atom stereocenters. The van der Waals surface area contributed by atoms with Gasteiger partial charge in [-0.25, -0.2) is 23.2 Å². The van der Waals surface area contributed by atoms with Crippen molar-refractivity contribution in [3.63, 3.8) is 0 Å². The first-order valence-electron chi connectivity index (χ1n) is 8.65. The lowest BCUT2D eigenvalue weighted by Gasteiger charge is -2.11. The number of hydrogen-bond donors (Lipinski definition) is 0. The predicted molar refractivity (Wildman–Crippen MR) is 104 cm³/mol. The van der Waals surface area contributed by atoms with E-state index in [1.165, 1.54) is 29.9 Å². The Hall–Kier alpha value is -4.28. The first kappa shape index (κ1) is 21.4. The SMILES string of the molecule is COC(=O)c1cc(F)cc([N+](=O)[O-])c1C(=O)C(=Cc1ccc(F)cc1)c1ncnn1C. The Morgan fingerprint density at radius 3 is 2.39 bits per heavy atom. The van der Waals surface area contributed by atoms with Crippen LogP contribution >= 0.6 is 0 Å². The summed E-state index contributed by atoms with van der Waals surface area (Å²) in [5.41, 5.74) is -2.03. The number of aryl methyl sites for hydroxylation is 1. The normalized spacial score (nSPS) is 11.3. The van der Waals surface area contributed by atoms with E-state index in [0.29, 0.717) is 17.7 Å². The highest BCUT2D eigenvalue weighted by molar-refractivity contribution is 6.34. The number of nitro groups is 1. The fraction of sp³-hybridized carbons (Fsp3) is 0.100. The number of benzene rings is 2. The number of hydrogen-bond acceptors (Lipinski definition) is 7. The van der Waals surface area contributed by atoms with Gasteiger partial charge in [0.05, 0.1) is 29.2 Å². The molecule has 0 N–H and O–H groups in total. The van der Waals surface area contributed by atoms with Gasteiger partial charge in [-0.3, -0.25) is 14.9 Å². The molecule has 0 aliphatic rings. The fourth-order valence-electron chi connectivity index (χ4n) is 2.88. The number of ketones is 1. The molecule has 0 unspecified atom stereocenters. The molecule has 0 saturated heterocycles. The summed E-state index contributed by atoms with van der Waals surface area (Å²) < 4.78 is 33.0. The maximum atomic E-state index is 14.0. The summed E-state index contributed by atoms with van der Waals surface area (Å²) in [6.07, 6.45) is 2.46. The number of aromatic nitrogens is 3. The van der Waals surface area contributed by atoms with Crippen LogP contribution in [0.25, 0.3) is 11.6 Å². The van der Waals surface area contributed by atoms with Gasteiger partial charge in [-0.1, -0.05) is 12.1 Å². The Morgan fingerprint density at radius 1 is 1.16 bits per heavy atom.